The van der Waals surface area contributed by atoms with Crippen molar-refractivity contribution in [2.24, 2.45) is 5.92 Å². The van der Waals surface area contributed by atoms with Crippen molar-refractivity contribution in [1.29, 1.82) is 0 Å². The fourth-order valence-electron chi connectivity index (χ4n) is 2.72. The maximum absolute atomic E-state index is 12.0. The Balaban J connectivity index is 1.87. The van der Waals surface area contributed by atoms with Crippen LogP contribution in [0.5, 0.6) is 0 Å². The second kappa shape index (κ2) is 7.76. The molecule has 1 aliphatic rings. The van der Waals surface area contributed by atoms with Crippen LogP contribution in [-0.4, -0.2) is 29.4 Å². The molecule has 1 aliphatic carbocycles. The topological polar surface area (TPSA) is 125 Å². The number of rotatable bonds is 5. The Hall–Kier alpha value is -2.64. The van der Waals surface area contributed by atoms with Gasteiger partial charge >= 0.3 is 5.97 Å². The zero-order valence-electron chi connectivity index (χ0n) is 13.5. The van der Waals surface area contributed by atoms with E-state index in [-0.39, 0.29) is 28.9 Å². The molecule has 3 N–H and O–H groups in total. The minimum atomic E-state index is -0.858. The molecule has 0 aromatic heterocycles. The zero-order chi connectivity index (χ0) is 17.7. The van der Waals surface area contributed by atoms with Crippen LogP contribution in [0.3, 0.4) is 0 Å². The van der Waals surface area contributed by atoms with E-state index in [9.17, 15) is 19.7 Å². The first-order valence-corrected chi connectivity index (χ1v) is 7.87. The van der Waals surface area contributed by atoms with Gasteiger partial charge in [0.15, 0.2) is 6.61 Å². The van der Waals surface area contributed by atoms with Crippen molar-refractivity contribution in [2.45, 2.75) is 38.6 Å². The average molecular weight is 335 g/mol. The first-order chi connectivity index (χ1) is 11.4. The van der Waals surface area contributed by atoms with Gasteiger partial charge in [-0.1, -0.05) is 6.92 Å². The second-order valence-corrected chi connectivity index (χ2v) is 6.13. The number of nitrogens with one attached hydrogen (secondary N) is 1. The SMILES string of the molecule is CC1CCC(NC(=O)COC(=O)c2cc([N+](=O)[O-])ccc2N)CC1. The number of hydrogen-bond acceptors (Lipinski definition) is 6. The summed E-state index contributed by atoms with van der Waals surface area (Å²) in [6.07, 6.45) is 3.96. The Kier molecular flexibility index (Phi) is 5.73. The van der Waals surface area contributed by atoms with Gasteiger partial charge in [0.1, 0.15) is 0 Å². The molecule has 0 unspecified atom stereocenters. The molecule has 0 atom stereocenters. The van der Waals surface area contributed by atoms with Crippen LogP contribution in [0.4, 0.5) is 11.4 Å². The summed E-state index contributed by atoms with van der Waals surface area (Å²) in [5.41, 5.74) is 5.31. The largest absolute Gasteiger partial charge is 0.452 e. The van der Waals surface area contributed by atoms with E-state index >= 15 is 0 Å². The van der Waals surface area contributed by atoms with Crippen molar-refractivity contribution >= 4 is 23.3 Å². The molecule has 0 heterocycles. The van der Waals surface area contributed by atoms with Gasteiger partial charge in [0.25, 0.3) is 11.6 Å². The molecule has 1 saturated carbocycles. The van der Waals surface area contributed by atoms with Crippen LogP contribution in [0, 0.1) is 16.0 Å². The molecule has 0 radical (unpaired) electrons. The number of nitrogens with two attached hydrogens (primary N) is 1. The Morgan fingerprint density at radius 3 is 2.62 bits per heavy atom. The summed E-state index contributed by atoms with van der Waals surface area (Å²) >= 11 is 0. The van der Waals surface area contributed by atoms with Gasteiger partial charge in [-0.2, -0.15) is 0 Å². The highest BCUT2D eigenvalue weighted by molar-refractivity contribution is 5.97. The lowest BCUT2D eigenvalue weighted by Crippen LogP contribution is -2.39. The summed E-state index contributed by atoms with van der Waals surface area (Å²) < 4.78 is 4.91. The smallest absolute Gasteiger partial charge is 0.341 e. The Morgan fingerprint density at radius 1 is 1.33 bits per heavy atom. The Bertz CT molecular complexity index is 639. The third-order valence-corrected chi connectivity index (χ3v) is 4.18. The molecule has 1 aromatic carbocycles. The van der Waals surface area contributed by atoms with Gasteiger partial charge in [0, 0.05) is 23.9 Å². The number of nitro groups is 1. The molecule has 0 bridgehead atoms. The number of anilines is 1. The zero-order valence-corrected chi connectivity index (χ0v) is 13.5. The maximum atomic E-state index is 12.0. The maximum Gasteiger partial charge on any atom is 0.341 e. The van der Waals surface area contributed by atoms with E-state index in [0.29, 0.717) is 5.92 Å². The van der Waals surface area contributed by atoms with Gasteiger partial charge in [-0.05, 0) is 37.7 Å². The lowest BCUT2D eigenvalue weighted by molar-refractivity contribution is -0.384. The lowest BCUT2D eigenvalue weighted by atomic mass is 9.87. The van der Waals surface area contributed by atoms with Gasteiger partial charge in [-0.25, -0.2) is 4.79 Å². The van der Waals surface area contributed by atoms with E-state index in [1.54, 1.807) is 0 Å². The van der Waals surface area contributed by atoms with E-state index in [1.165, 1.54) is 12.1 Å². The summed E-state index contributed by atoms with van der Waals surface area (Å²) in [7, 11) is 0. The third kappa shape index (κ3) is 4.68. The monoisotopic (exact) mass is 335 g/mol. The average Bonchev–Trinajstić information content (AvgIpc) is 2.55. The summed E-state index contributed by atoms with van der Waals surface area (Å²) in [5, 5.41) is 13.6. The van der Waals surface area contributed by atoms with E-state index in [2.05, 4.69) is 12.2 Å². The lowest BCUT2D eigenvalue weighted by Gasteiger charge is -2.26. The number of nitrogen functional groups attached to an aromatic ring is 1. The fourth-order valence-corrected chi connectivity index (χ4v) is 2.72. The summed E-state index contributed by atoms with van der Waals surface area (Å²) in [4.78, 5) is 34.0. The van der Waals surface area contributed by atoms with Crippen LogP contribution in [0.15, 0.2) is 18.2 Å². The van der Waals surface area contributed by atoms with Gasteiger partial charge in [-0.15, -0.1) is 0 Å². The predicted molar refractivity (Wildman–Crippen MR) is 87.4 cm³/mol. The molecular weight excluding hydrogens is 314 g/mol. The molecule has 2 rings (SSSR count). The van der Waals surface area contributed by atoms with Crippen molar-refractivity contribution < 1.29 is 19.2 Å². The molecule has 0 spiro atoms. The number of amides is 1. The molecule has 0 aliphatic heterocycles. The van der Waals surface area contributed by atoms with E-state index in [0.717, 1.165) is 31.7 Å². The van der Waals surface area contributed by atoms with Crippen molar-refractivity contribution in [3.05, 3.63) is 33.9 Å². The van der Waals surface area contributed by atoms with Crippen LogP contribution in [0.25, 0.3) is 0 Å². The minimum absolute atomic E-state index is 0.0623. The standard InChI is InChI=1S/C16H21N3O5/c1-10-2-4-11(5-3-10)18-15(20)9-24-16(21)13-8-12(19(22)23)6-7-14(13)17/h6-8,10-11H,2-5,9,17H2,1H3,(H,18,20). The predicted octanol–water partition coefficient (Wildman–Crippen LogP) is 2.03. The molecule has 0 saturated heterocycles. The fraction of sp³-hybridized carbons (Fsp3) is 0.500. The molecule has 130 valence electrons. The van der Waals surface area contributed by atoms with E-state index in [1.807, 2.05) is 0 Å². The van der Waals surface area contributed by atoms with Crippen molar-refractivity contribution in [3.8, 4) is 0 Å². The van der Waals surface area contributed by atoms with Gasteiger partial charge in [0.2, 0.25) is 0 Å². The third-order valence-electron chi connectivity index (χ3n) is 4.18. The molecule has 8 heteroatoms. The highest BCUT2D eigenvalue weighted by atomic mass is 16.6. The van der Waals surface area contributed by atoms with Crippen LogP contribution >= 0.6 is 0 Å². The summed E-state index contributed by atoms with van der Waals surface area (Å²) in [6, 6.07) is 3.61. The second-order valence-electron chi connectivity index (χ2n) is 6.13. The van der Waals surface area contributed by atoms with E-state index in [4.69, 9.17) is 10.5 Å². The number of non-ortho nitro benzene ring substituents is 1. The Labute approximate surface area is 139 Å². The van der Waals surface area contributed by atoms with Crippen LogP contribution in [0.2, 0.25) is 0 Å². The molecular formula is C16H21N3O5. The number of carbonyl (C=O) groups is 2. The first-order valence-electron chi connectivity index (χ1n) is 7.87. The van der Waals surface area contributed by atoms with Crippen molar-refractivity contribution in [2.75, 3.05) is 12.3 Å². The molecule has 1 fully saturated rings. The summed E-state index contributed by atoms with van der Waals surface area (Å²) in [5.74, 6) is -0.566. The van der Waals surface area contributed by atoms with E-state index < -0.39 is 17.5 Å². The molecule has 24 heavy (non-hydrogen) atoms. The number of benzene rings is 1. The number of carbonyl (C=O) groups excluding carboxylic acids is 2. The number of esters is 1. The van der Waals surface area contributed by atoms with Gasteiger partial charge in [-0.3, -0.25) is 14.9 Å². The number of hydrogen-bond donors (Lipinski definition) is 2. The quantitative estimate of drug-likeness (QED) is 0.367. The minimum Gasteiger partial charge on any atom is -0.452 e. The van der Waals surface area contributed by atoms with Crippen molar-refractivity contribution in [1.82, 2.24) is 5.32 Å². The molecule has 8 nitrogen and oxygen atoms in total. The highest BCUT2D eigenvalue weighted by Crippen LogP contribution is 2.23. The molecule has 1 aromatic rings. The van der Waals surface area contributed by atoms with Crippen molar-refractivity contribution in [3.63, 3.8) is 0 Å². The first kappa shape index (κ1) is 17.7. The highest BCUT2D eigenvalue weighted by Gasteiger charge is 2.21. The van der Waals surface area contributed by atoms with Gasteiger partial charge in [0.05, 0.1) is 10.5 Å². The van der Waals surface area contributed by atoms with Crippen LogP contribution in [0.1, 0.15) is 43.0 Å². The van der Waals surface area contributed by atoms with Crippen LogP contribution < -0.4 is 11.1 Å². The Morgan fingerprint density at radius 2 is 2.00 bits per heavy atom. The number of nitro benzene ring substituents is 1. The van der Waals surface area contributed by atoms with Crippen LogP contribution in [-0.2, 0) is 9.53 Å². The summed E-state index contributed by atoms with van der Waals surface area (Å²) in [6.45, 7) is 1.75. The molecule has 1 amide bonds. The number of nitrogens with zero attached hydrogens (tertiary/aromatic N) is 1. The number of ether oxygens (including phenoxy) is 1. The van der Waals surface area contributed by atoms with Gasteiger partial charge < -0.3 is 15.8 Å². The normalized spacial score (nSPS) is 20.2.